The molecule has 0 spiro atoms. The van der Waals surface area contributed by atoms with E-state index in [4.69, 9.17) is 21.3 Å². The Hall–Kier alpha value is -1.59. The molecule has 1 aliphatic rings. The van der Waals surface area contributed by atoms with Crippen LogP contribution in [0.5, 0.6) is 0 Å². The first kappa shape index (κ1) is 12.9. The van der Waals surface area contributed by atoms with E-state index in [2.05, 4.69) is 0 Å². The van der Waals surface area contributed by atoms with E-state index in [0.717, 1.165) is 9.98 Å². The number of esters is 1. The normalized spacial score (nSPS) is 22.6. The molecule has 1 heterocycles. The van der Waals surface area contributed by atoms with E-state index in [-0.39, 0.29) is 13.2 Å². The van der Waals surface area contributed by atoms with Crippen molar-refractivity contribution in [1.29, 1.82) is 0 Å². The van der Waals surface area contributed by atoms with Crippen LogP contribution in [0.2, 0.25) is 0 Å². The van der Waals surface area contributed by atoms with Gasteiger partial charge in [-0.15, -0.1) is 0 Å². The van der Waals surface area contributed by atoms with E-state index in [9.17, 15) is 9.59 Å². The molecule has 1 aliphatic heterocycles. The van der Waals surface area contributed by atoms with Gasteiger partial charge in [-0.1, -0.05) is 30.3 Å². The van der Waals surface area contributed by atoms with Crippen LogP contribution in [0.25, 0.3) is 0 Å². The Morgan fingerprint density at radius 3 is 2.61 bits per heavy atom. The number of ether oxygens (including phenoxy) is 2. The fraction of sp³-hybridized carbons (Fsp3) is 0.333. The summed E-state index contributed by atoms with van der Waals surface area (Å²) >= 11 is 5.52. The van der Waals surface area contributed by atoms with E-state index in [1.54, 1.807) is 0 Å². The number of nitrogens with zero attached hydrogens (tertiary/aromatic N) is 1. The Morgan fingerprint density at radius 2 is 2.11 bits per heavy atom. The first-order valence-corrected chi connectivity index (χ1v) is 5.68. The molecule has 1 amide bonds. The summed E-state index contributed by atoms with van der Waals surface area (Å²) < 4.78 is 10.9. The van der Waals surface area contributed by atoms with Gasteiger partial charge in [0.2, 0.25) is 0 Å². The molecule has 1 aromatic rings. The summed E-state index contributed by atoms with van der Waals surface area (Å²) in [5, 5.41) is 0. The highest BCUT2D eigenvalue weighted by Crippen LogP contribution is 2.29. The fourth-order valence-corrected chi connectivity index (χ4v) is 1.97. The SMILES string of the molecule is COC1(C(=O)OCc2ccccc2)CN(Cl)C1=O. The molecule has 1 atom stereocenters. The molecule has 1 unspecified atom stereocenters. The molecule has 0 aliphatic carbocycles. The van der Waals surface area contributed by atoms with Gasteiger partial charge in [0.25, 0.3) is 11.5 Å². The molecule has 5 nitrogen and oxygen atoms in total. The predicted octanol–water partition coefficient (Wildman–Crippen LogP) is 1.11. The lowest BCUT2D eigenvalue weighted by Gasteiger charge is -2.40. The molecule has 6 heteroatoms. The Morgan fingerprint density at radius 1 is 1.44 bits per heavy atom. The molecule has 0 bridgehead atoms. The van der Waals surface area contributed by atoms with Crippen molar-refractivity contribution >= 4 is 23.7 Å². The van der Waals surface area contributed by atoms with Crippen molar-refractivity contribution in [3.05, 3.63) is 35.9 Å². The van der Waals surface area contributed by atoms with E-state index >= 15 is 0 Å². The fourth-order valence-electron chi connectivity index (χ4n) is 1.67. The van der Waals surface area contributed by atoms with Crippen molar-refractivity contribution in [3.63, 3.8) is 0 Å². The summed E-state index contributed by atoms with van der Waals surface area (Å²) in [7, 11) is 1.28. The molecular formula is C12H12ClNO4. The Labute approximate surface area is 109 Å². The maximum atomic E-state index is 11.9. The highest BCUT2D eigenvalue weighted by atomic mass is 35.5. The van der Waals surface area contributed by atoms with E-state index < -0.39 is 17.5 Å². The van der Waals surface area contributed by atoms with Crippen LogP contribution < -0.4 is 0 Å². The molecule has 0 N–H and O–H groups in total. The standard InChI is InChI=1S/C12H12ClNO4/c1-17-12(8-14(13)10(12)15)11(16)18-7-9-5-3-2-4-6-9/h2-6H,7-8H2,1H3. The smallest absolute Gasteiger partial charge is 0.350 e. The topological polar surface area (TPSA) is 55.8 Å². The second kappa shape index (κ2) is 4.96. The zero-order valence-corrected chi connectivity index (χ0v) is 10.5. The van der Waals surface area contributed by atoms with E-state index in [0.29, 0.717) is 0 Å². The van der Waals surface area contributed by atoms with Gasteiger partial charge >= 0.3 is 5.97 Å². The number of halogens is 1. The van der Waals surface area contributed by atoms with Crippen molar-refractivity contribution in [1.82, 2.24) is 4.42 Å². The highest BCUT2D eigenvalue weighted by Gasteiger charge is 2.60. The predicted molar refractivity (Wildman–Crippen MR) is 63.5 cm³/mol. The first-order valence-electron chi connectivity index (χ1n) is 5.34. The van der Waals surface area contributed by atoms with Gasteiger partial charge in [0.15, 0.2) is 0 Å². The number of carbonyl (C=O) groups excluding carboxylic acids is 2. The zero-order valence-electron chi connectivity index (χ0n) is 9.76. The quantitative estimate of drug-likeness (QED) is 0.356. The Kier molecular flexibility index (Phi) is 3.54. The maximum Gasteiger partial charge on any atom is 0.350 e. The molecule has 2 rings (SSSR count). The van der Waals surface area contributed by atoms with Gasteiger partial charge in [-0.25, -0.2) is 9.21 Å². The van der Waals surface area contributed by atoms with Crippen LogP contribution in [0.4, 0.5) is 0 Å². The Bertz CT molecular complexity index is 464. The van der Waals surface area contributed by atoms with Crippen LogP contribution in [-0.2, 0) is 25.7 Å². The number of carbonyl (C=O) groups is 2. The number of hydrogen-bond acceptors (Lipinski definition) is 4. The van der Waals surface area contributed by atoms with Crippen molar-refractivity contribution in [2.24, 2.45) is 0 Å². The largest absolute Gasteiger partial charge is 0.458 e. The van der Waals surface area contributed by atoms with Gasteiger partial charge in [-0.3, -0.25) is 4.79 Å². The van der Waals surface area contributed by atoms with Gasteiger partial charge in [-0.05, 0) is 5.56 Å². The lowest BCUT2D eigenvalue weighted by Crippen LogP contribution is -2.68. The highest BCUT2D eigenvalue weighted by molar-refractivity contribution is 6.29. The van der Waals surface area contributed by atoms with Crippen LogP contribution in [0.3, 0.4) is 0 Å². The van der Waals surface area contributed by atoms with Crippen molar-refractivity contribution in [3.8, 4) is 0 Å². The van der Waals surface area contributed by atoms with Crippen molar-refractivity contribution < 1.29 is 19.1 Å². The lowest BCUT2D eigenvalue weighted by molar-refractivity contribution is -0.193. The van der Waals surface area contributed by atoms with E-state index in [1.165, 1.54) is 7.11 Å². The van der Waals surface area contributed by atoms with Crippen LogP contribution >= 0.6 is 11.8 Å². The van der Waals surface area contributed by atoms with Crippen LogP contribution in [-0.4, -0.2) is 35.6 Å². The van der Waals surface area contributed by atoms with Crippen LogP contribution in [0, 0.1) is 0 Å². The third-order valence-corrected chi connectivity index (χ3v) is 3.09. The third kappa shape index (κ3) is 2.07. The lowest BCUT2D eigenvalue weighted by atomic mass is 9.95. The van der Waals surface area contributed by atoms with Gasteiger partial charge in [0, 0.05) is 18.9 Å². The summed E-state index contributed by atoms with van der Waals surface area (Å²) in [6.45, 7) is 0.0951. The average Bonchev–Trinajstić information content (AvgIpc) is 2.42. The van der Waals surface area contributed by atoms with Gasteiger partial charge < -0.3 is 9.47 Å². The second-order valence-corrected chi connectivity index (χ2v) is 4.33. The summed E-state index contributed by atoms with van der Waals surface area (Å²) in [4.78, 5) is 23.4. The van der Waals surface area contributed by atoms with E-state index in [1.807, 2.05) is 30.3 Å². The number of amides is 1. The molecule has 1 aromatic carbocycles. The van der Waals surface area contributed by atoms with Crippen molar-refractivity contribution in [2.75, 3.05) is 13.7 Å². The average molecular weight is 270 g/mol. The third-order valence-electron chi connectivity index (χ3n) is 2.82. The molecule has 1 saturated heterocycles. The Balaban J connectivity index is 1.98. The van der Waals surface area contributed by atoms with Crippen molar-refractivity contribution in [2.45, 2.75) is 12.2 Å². The number of benzene rings is 1. The molecule has 0 radical (unpaired) electrons. The molecule has 1 fully saturated rings. The monoisotopic (exact) mass is 269 g/mol. The van der Waals surface area contributed by atoms with Crippen LogP contribution in [0.1, 0.15) is 5.56 Å². The molecule has 96 valence electrons. The number of methoxy groups -OCH3 is 1. The number of β-lactam (4-membered cyclic amide) rings is 1. The minimum Gasteiger partial charge on any atom is -0.458 e. The molecule has 0 aromatic heterocycles. The molecular weight excluding hydrogens is 258 g/mol. The first-order chi connectivity index (χ1) is 8.60. The van der Waals surface area contributed by atoms with Gasteiger partial charge in [0.1, 0.15) is 6.61 Å². The number of rotatable bonds is 4. The van der Waals surface area contributed by atoms with Crippen LogP contribution in [0.15, 0.2) is 30.3 Å². The zero-order chi connectivity index (χ0) is 13.2. The minimum atomic E-state index is -1.57. The van der Waals surface area contributed by atoms with Gasteiger partial charge in [-0.2, -0.15) is 0 Å². The summed E-state index contributed by atoms with van der Waals surface area (Å²) in [5.74, 6) is -1.31. The summed E-state index contributed by atoms with van der Waals surface area (Å²) in [6, 6.07) is 9.18. The minimum absolute atomic E-state index is 0.00247. The maximum absolute atomic E-state index is 11.9. The second-order valence-electron chi connectivity index (χ2n) is 3.92. The number of hydrogen-bond donors (Lipinski definition) is 0. The van der Waals surface area contributed by atoms with Gasteiger partial charge in [0.05, 0.1) is 6.54 Å². The molecule has 18 heavy (non-hydrogen) atoms. The molecule has 0 saturated carbocycles. The summed E-state index contributed by atoms with van der Waals surface area (Å²) in [6.07, 6.45) is 0. The summed E-state index contributed by atoms with van der Waals surface area (Å²) in [5.41, 5.74) is -0.733.